The van der Waals surface area contributed by atoms with Gasteiger partial charge in [0.05, 0.1) is 18.4 Å². The van der Waals surface area contributed by atoms with Crippen molar-refractivity contribution in [1.82, 2.24) is 0 Å². The standard InChI is InChI=1S/C18H17BO3/c19-18-15(17(21)13-9-5-2-6-10-13)14(11-22-18)16(20)12-7-3-1-4-8-12/h1-10,14-15,18H,11,19H2/t14-,15-,18+/m0/s1. The second kappa shape index (κ2) is 6.28. The van der Waals surface area contributed by atoms with Gasteiger partial charge in [-0.2, -0.15) is 0 Å². The van der Waals surface area contributed by atoms with E-state index in [-0.39, 0.29) is 17.6 Å². The molecule has 1 heterocycles. The van der Waals surface area contributed by atoms with Crippen molar-refractivity contribution >= 4 is 19.4 Å². The van der Waals surface area contributed by atoms with Crippen LogP contribution in [-0.4, -0.2) is 32.0 Å². The minimum Gasteiger partial charge on any atom is -0.386 e. The lowest BCUT2D eigenvalue weighted by Crippen LogP contribution is -2.33. The number of ketones is 2. The van der Waals surface area contributed by atoms with Gasteiger partial charge in [-0.05, 0) is 0 Å². The fourth-order valence-electron chi connectivity index (χ4n) is 3.04. The average molecular weight is 292 g/mol. The second-order valence-corrected chi connectivity index (χ2v) is 5.63. The molecule has 2 aromatic carbocycles. The van der Waals surface area contributed by atoms with Crippen molar-refractivity contribution in [2.75, 3.05) is 6.61 Å². The van der Waals surface area contributed by atoms with E-state index in [1.807, 2.05) is 44.2 Å². The summed E-state index contributed by atoms with van der Waals surface area (Å²) in [7, 11) is 1.86. The van der Waals surface area contributed by atoms with Crippen LogP contribution in [0, 0.1) is 11.8 Å². The highest BCUT2D eigenvalue weighted by Crippen LogP contribution is 2.31. The summed E-state index contributed by atoms with van der Waals surface area (Å²) < 4.78 is 5.62. The van der Waals surface area contributed by atoms with Gasteiger partial charge in [-0.1, -0.05) is 60.7 Å². The largest absolute Gasteiger partial charge is 0.386 e. The number of Topliss-reactive ketones (excluding diaryl/α,β-unsaturated/α-hetero) is 2. The lowest BCUT2D eigenvalue weighted by Gasteiger charge is -2.19. The lowest BCUT2D eigenvalue weighted by molar-refractivity contribution is 0.0800. The smallest absolute Gasteiger partial charge is 0.169 e. The van der Waals surface area contributed by atoms with Crippen molar-refractivity contribution < 1.29 is 14.3 Å². The van der Waals surface area contributed by atoms with Gasteiger partial charge in [-0.15, -0.1) is 0 Å². The van der Waals surface area contributed by atoms with Crippen molar-refractivity contribution in [3.8, 4) is 0 Å². The van der Waals surface area contributed by atoms with Crippen LogP contribution in [0.1, 0.15) is 20.7 Å². The van der Waals surface area contributed by atoms with Crippen molar-refractivity contribution in [2.24, 2.45) is 11.8 Å². The maximum Gasteiger partial charge on any atom is 0.169 e. The second-order valence-electron chi connectivity index (χ2n) is 5.63. The Kier molecular flexibility index (Phi) is 4.21. The molecule has 3 rings (SSSR count). The van der Waals surface area contributed by atoms with E-state index in [1.54, 1.807) is 24.3 Å². The molecule has 0 N–H and O–H groups in total. The van der Waals surface area contributed by atoms with E-state index in [4.69, 9.17) is 4.74 Å². The van der Waals surface area contributed by atoms with Gasteiger partial charge in [0.15, 0.2) is 11.6 Å². The Morgan fingerprint density at radius 1 is 0.864 bits per heavy atom. The Morgan fingerprint density at radius 2 is 1.36 bits per heavy atom. The number of carbonyl (C=O) groups excluding carboxylic acids is 2. The topological polar surface area (TPSA) is 43.4 Å². The van der Waals surface area contributed by atoms with Crippen LogP contribution in [0.4, 0.5) is 0 Å². The Hall–Kier alpha value is -2.20. The Bertz CT molecular complexity index is 669. The molecule has 1 saturated heterocycles. The van der Waals surface area contributed by atoms with Gasteiger partial charge in [-0.3, -0.25) is 9.59 Å². The molecule has 0 amide bonds. The number of hydrogen-bond donors (Lipinski definition) is 0. The van der Waals surface area contributed by atoms with Crippen molar-refractivity contribution in [3.63, 3.8) is 0 Å². The zero-order valence-corrected chi connectivity index (χ0v) is 12.4. The molecule has 0 aliphatic carbocycles. The molecule has 3 nitrogen and oxygen atoms in total. The zero-order chi connectivity index (χ0) is 15.5. The quantitative estimate of drug-likeness (QED) is 0.639. The molecule has 0 unspecified atom stereocenters. The molecule has 22 heavy (non-hydrogen) atoms. The predicted molar refractivity (Wildman–Crippen MR) is 86.8 cm³/mol. The number of benzene rings is 2. The van der Waals surface area contributed by atoms with Crippen LogP contribution < -0.4 is 0 Å². The van der Waals surface area contributed by atoms with Gasteiger partial charge in [0.1, 0.15) is 7.85 Å². The molecule has 3 atom stereocenters. The van der Waals surface area contributed by atoms with Crippen LogP contribution in [0.3, 0.4) is 0 Å². The molecule has 0 radical (unpaired) electrons. The highest BCUT2D eigenvalue weighted by atomic mass is 16.5. The average Bonchev–Trinajstić information content (AvgIpc) is 2.96. The third kappa shape index (κ3) is 2.74. The molecule has 0 aromatic heterocycles. The summed E-state index contributed by atoms with van der Waals surface area (Å²) in [5, 5.41) is 0. The van der Waals surface area contributed by atoms with Crippen LogP contribution in [0.25, 0.3) is 0 Å². The van der Waals surface area contributed by atoms with Gasteiger partial charge >= 0.3 is 0 Å². The normalized spacial score (nSPS) is 24.1. The molecular formula is C18H17BO3. The number of hydrogen-bond acceptors (Lipinski definition) is 3. The summed E-state index contributed by atoms with van der Waals surface area (Å²) in [6.07, 6.45) is 0. The van der Waals surface area contributed by atoms with E-state index in [0.29, 0.717) is 17.7 Å². The monoisotopic (exact) mass is 292 g/mol. The summed E-state index contributed by atoms with van der Waals surface area (Å²) in [5.41, 5.74) is 1.27. The number of carbonyl (C=O) groups is 2. The number of rotatable bonds is 4. The van der Waals surface area contributed by atoms with E-state index >= 15 is 0 Å². The minimum absolute atomic E-state index is 0.0140. The minimum atomic E-state index is -0.421. The summed E-state index contributed by atoms with van der Waals surface area (Å²) in [4.78, 5) is 25.5. The first kappa shape index (κ1) is 14.7. The van der Waals surface area contributed by atoms with Crippen molar-refractivity contribution in [3.05, 3.63) is 71.8 Å². The fourth-order valence-corrected chi connectivity index (χ4v) is 3.04. The maximum absolute atomic E-state index is 12.8. The van der Waals surface area contributed by atoms with Gasteiger partial charge < -0.3 is 4.74 Å². The molecule has 1 aliphatic heterocycles. The van der Waals surface area contributed by atoms with Crippen LogP contribution in [0.2, 0.25) is 0 Å². The predicted octanol–water partition coefficient (Wildman–Crippen LogP) is 1.97. The number of ether oxygens (including phenoxy) is 1. The highest BCUT2D eigenvalue weighted by molar-refractivity contribution is 6.16. The third-order valence-corrected chi connectivity index (χ3v) is 4.23. The fraction of sp³-hybridized carbons (Fsp3) is 0.222. The summed E-state index contributed by atoms with van der Waals surface area (Å²) in [5.74, 6) is -0.862. The van der Waals surface area contributed by atoms with Gasteiger partial charge in [0.25, 0.3) is 0 Å². The molecule has 4 heteroatoms. The molecule has 0 saturated carbocycles. The van der Waals surface area contributed by atoms with Crippen molar-refractivity contribution in [2.45, 2.75) is 6.00 Å². The van der Waals surface area contributed by atoms with E-state index in [1.165, 1.54) is 0 Å². The van der Waals surface area contributed by atoms with Crippen LogP contribution in [-0.2, 0) is 4.74 Å². The Labute approximate surface area is 130 Å². The first-order valence-electron chi connectivity index (χ1n) is 7.48. The van der Waals surface area contributed by atoms with E-state index < -0.39 is 11.8 Å². The Balaban J connectivity index is 1.88. The van der Waals surface area contributed by atoms with Crippen LogP contribution in [0.15, 0.2) is 60.7 Å². The molecule has 1 fully saturated rings. The summed E-state index contributed by atoms with van der Waals surface area (Å²) in [6, 6.07) is 18.0. The molecule has 0 spiro atoms. The highest BCUT2D eigenvalue weighted by Gasteiger charge is 2.43. The molecule has 1 aliphatic rings. The van der Waals surface area contributed by atoms with E-state index in [0.717, 1.165) is 0 Å². The first-order valence-corrected chi connectivity index (χ1v) is 7.48. The maximum atomic E-state index is 12.8. The molecule has 2 aromatic rings. The zero-order valence-electron chi connectivity index (χ0n) is 12.4. The summed E-state index contributed by atoms with van der Waals surface area (Å²) in [6.45, 7) is 0.304. The van der Waals surface area contributed by atoms with E-state index in [2.05, 4.69) is 0 Å². The van der Waals surface area contributed by atoms with Gasteiger partial charge in [0, 0.05) is 17.1 Å². The third-order valence-electron chi connectivity index (χ3n) is 4.23. The van der Waals surface area contributed by atoms with Crippen LogP contribution in [0.5, 0.6) is 0 Å². The first-order chi connectivity index (χ1) is 10.7. The molecule has 110 valence electrons. The van der Waals surface area contributed by atoms with Crippen molar-refractivity contribution in [1.29, 1.82) is 0 Å². The van der Waals surface area contributed by atoms with E-state index in [9.17, 15) is 9.59 Å². The lowest BCUT2D eigenvalue weighted by atomic mass is 9.74. The van der Waals surface area contributed by atoms with Gasteiger partial charge in [-0.25, -0.2) is 0 Å². The molecular weight excluding hydrogens is 275 g/mol. The van der Waals surface area contributed by atoms with Crippen LogP contribution >= 0.6 is 0 Å². The Morgan fingerprint density at radius 3 is 1.91 bits per heavy atom. The summed E-state index contributed by atoms with van der Waals surface area (Å²) >= 11 is 0. The SMILES string of the molecule is B[C@@H]1OC[C@H](C(=O)c2ccccc2)[C@H]1C(=O)c1ccccc1. The van der Waals surface area contributed by atoms with Gasteiger partial charge in [0.2, 0.25) is 0 Å². The molecule has 0 bridgehead atoms.